The van der Waals surface area contributed by atoms with E-state index in [4.69, 9.17) is 4.74 Å². The summed E-state index contributed by atoms with van der Waals surface area (Å²) < 4.78 is 8.19. The fraction of sp³-hybridized carbons (Fsp3) is 0.100. The molecule has 4 aromatic rings. The molecule has 134 valence electrons. The van der Waals surface area contributed by atoms with Crippen LogP contribution in [0.4, 0.5) is 0 Å². The molecule has 0 atom stereocenters. The molecular weight excluding hydrogens is 344 g/mol. The SMILES string of the molecule is COc1cccc(C(=O)c2ccc3ncn(-c4cnn(C)c4)c(=O)c3c2)c1. The molecule has 0 bridgehead atoms. The maximum Gasteiger partial charge on any atom is 0.265 e. The van der Waals surface area contributed by atoms with E-state index in [0.717, 1.165) is 0 Å². The Balaban J connectivity index is 1.82. The van der Waals surface area contributed by atoms with Crippen LogP contribution in [0.1, 0.15) is 15.9 Å². The zero-order valence-electron chi connectivity index (χ0n) is 14.8. The number of benzene rings is 2. The van der Waals surface area contributed by atoms with Crippen LogP contribution in [0.3, 0.4) is 0 Å². The van der Waals surface area contributed by atoms with Gasteiger partial charge in [0.05, 0.1) is 29.9 Å². The number of fused-ring (bicyclic) bond motifs is 1. The van der Waals surface area contributed by atoms with Crippen LogP contribution in [0.25, 0.3) is 16.6 Å². The number of carbonyl (C=O) groups is 1. The van der Waals surface area contributed by atoms with Crippen LogP contribution >= 0.6 is 0 Å². The van der Waals surface area contributed by atoms with E-state index in [1.165, 1.54) is 10.9 Å². The molecule has 0 saturated carbocycles. The Morgan fingerprint density at radius 1 is 1.11 bits per heavy atom. The highest BCUT2D eigenvalue weighted by molar-refractivity contribution is 6.10. The van der Waals surface area contributed by atoms with Gasteiger partial charge >= 0.3 is 0 Å². The fourth-order valence-electron chi connectivity index (χ4n) is 2.91. The van der Waals surface area contributed by atoms with Crippen LogP contribution in [0.15, 0.2) is 66.0 Å². The van der Waals surface area contributed by atoms with Gasteiger partial charge in [0.15, 0.2) is 5.78 Å². The average Bonchev–Trinajstić information content (AvgIpc) is 3.13. The van der Waals surface area contributed by atoms with Crippen molar-refractivity contribution in [2.24, 2.45) is 7.05 Å². The summed E-state index contributed by atoms with van der Waals surface area (Å²) in [6.07, 6.45) is 4.77. The number of aromatic nitrogens is 4. The third-order valence-corrected chi connectivity index (χ3v) is 4.32. The summed E-state index contributed by atoms with van der Waals surface area (Å²) in [6.45, 7) is 0. The number of hydrogen-bond acceptors (Lipinski definition) is 5. The van der Waals surface area contributed by atoms with Gasteiger partial charge in [0.1, 0.15) is 12.1 Å². The van der Waals surface area contributed by atoms with E-state index in [0.29, 0.717) is 33.5 Å². The number of rotatable bonds is 4. The molecule has 0 aliphatic rings. The molecule has 0 aliphatic heterocycles. The zero-order chi connectivity index (χ0) is 19.0. The Kier molecular flexibility index (Phi) is 4.04. The molecule has 0 radical (unpaired) electrons. The lowest BCUT2D eigenvalue weighted by atomic mass is 10.0. The molecule has 0 aliphatic carbocycles. The van der Waals surface area contributed by atoms with Gasteiger partial charge < -0.3 is 4.74 Å². The Labute approximate surface area is 154 Å². The molecule has 7 heteroatoms. The van der Waals surface area contributed by atoms with Gasteiger partial charge in [-0.05, 0) is 30.3 Å². The second-order valence-corrected chi connectivity index (χ2v) is 6.08. The van der Waals surface area contributed by atoms with Crippen LogP contribution < -0.4 is 10.3 Å². The van der Waals surface area contributed by atoms with E-state index >= 15 is 0 Å². The summed E-state index contributed by atoms with van der Waals surface area (Å²) >= 11 is 0. The van der Waals surface area contributed by atoms with Crippen molar-refractivity contribution in [3.8, 4) is 11.4 Å². The van der Waals surface area contributed by atoms with Gasteiger partial charge in [-0.15, -0.1) is 0 Å². The molecule has 0 unspecified atom stereocenters. The summed E-state index contributed by atoms with van der Waals surface area (Å²) in [7, 11) is 3.32. The lowest BCUT2D eigenvalue weighted by Crippen LogP contribution is -2.19. The molecular formula is C20H16N4O3. The van der Waals surface area contributed by atoms with Crippen LogP contribution in [-0.4, -0.2) is 32.2 Å². The molecule has 2 aromatic carbocycles. The van der Waals surface area contributed by atoms with Gasteiger partial charge in [0.2, 0.25) is 0 Å². The fourth-order valence-corrected chi connectivity index (χ4v) is 2.91. The number of aryl methyl sites for hydroxylation is 1. The first-order chi connectivity index (χ1) is 13.1. The third kappa shape index (κ3) is 2.99. The van der Waals surface area contributed by atoms with E-state index in [9.17, 15) is 9.59 Å². The van der Waals surface area contributed by atoms with Gasteiger partial charge in [0.25, 0.3) is 5.56 Å². The molecule has 0 N–H and O–H groups in total. The molecule has 0 spiro atoms. The number of nitrogens with zero attached hydrogens (tertiary/aromatic N) is 4. The minimum absolute atomic E-state index is 0.188. The lowest BCUT2D eigenvalue weighted by molar-refractivity contribution is 0.103. The second-order valence-electron chi connectivity index (χ2n) is 6.08. The van der Waals surface area contributed by atoms with Crippen molar-refractivity contribution in [1.82, 2.24) is 19.3 Å². The van der Waals surface area contributed by atoms with Gasteiger partial charge in [-0.25, -0.2) is 4.98 Å². The second kappa shape index (κ2) is 6.53. The zero-order valence-corrected chi connectivity index (χ0v) is 14.8. The Bertz CT molecular complexity index is 1220. The first-order valence-corrected chi connectivity index (χ1v) is 8.26. The maximum absolute atomic E-state index is 12.9. The Morgan fingerprint density at radius 2 is 1.93 bits per heavy atom. The number of ketones is 1. The van der Waals surface area contributed by atoms with Crippen molar-refractivity contribution in [2.45, 2.75) is 0 Å². The molecule has 0 fully saturated rings. The minimum atomic E-state index is -0.256. The van der Waals surface area contributed by atoms with Crippen molar-refractivity contribution < 1.29 is 9.53 Å². The Hall–Kier alpha value is -3.74. The van der Waals surface area contributed by atoms with E-state index in [1.807, 2.05) is 0 Å². The van der Waals surface area contributed by atoms with E-state index in [-0.39, 0.29) is 11.3 Å². The molecule has 0 amide bonds. The van der Waals surface area contributed by atoms with Gasteiger partial charge in [-0.1, -0.05) is 12.1 Å². The molecule has 2 aromatic heterocycles. The average molecular weight is 360 g/mol. The number of hydrogen-bond donors (Lipinski definition) is 0. The highest BCUT2D eigenvalue weighted by Gasteiger charge is 2.13. The normalized spacial score (nSPS) is 10.9. The predicted octanol–water partition coefficient (Wildman–Crippen LogP) is 2.36. The van der Waals surface area contributed by atoms with Gasteiger partial charge in [0, 0.05) is 24.4 Å². The van der Waals surface area contributed by atoms with Crippen LogP contribution in [0.2, 0.25) is 0 Å². The summed E-state index contributed by atoms with van der Waals surface area (Å²) in [5.74, 6) is 0.411. The summed E-state index contributed by atoms with van der Waals surface area (Å²) in [5.41, 5.74) is 1.79. The molecule has 4 rings (SSSR count). The van der Waals surface area contributed by atoms with Crippen LogP contribution in [0, 0.1) is 0 Å². The van der Waals surface area contributed by atoms with Crippen molar-refractivity contribution in [3.05, 3.63) is 82.7 Å². The summed E-state index contributed by atoms with van der Waals surface area (Å²) in [6, 6.07) is 11.8. The van der Waals surface area contributed by atoms with Crippen molar-refractivity contribution >= 4 is 16.7 Å². The standard InChI is InChI=1S/C20H16N4O3/c1-23-11-15(10-22-23)24-12-21-18-7-6-14(9-17(18)20(24)26)19(25)13-4-3-5-16(8-13)27-2/h3-12H,1-2H3. The maximum atomic E-state index is 12.9. The summed E-state index contributed by atoms with van der Waals surface area (Å²) in [5, 5.41) is 4.45. The third-order valence-electron chi connectivity index (χ3n) is 4.32. The largest absolute Gasteiger partial charge is 0.497 e. The Morgan fingerprint density at radius 3 is 2.67 bits per heavy atom. The monoisotopic (exact) mass is 360 g/mol. The van der Waals surface area contributed by atoms with Crippen LogP contribution in [-0.2, 0) is 7.05 Å². The molecule has 2 heterocycles. The molecule has 27 heavy (non-hydrogen) atoms. The quantitative estimate of drug-likeness (QED) is 0.522. The van der Waals surface area contributed by atoms with Crippen molar-refractivity contribution in [3.63, 3.8) is 0 Å². The number of carbonyl (C=O) groups excluding carboxylic acids is 1. The highest BCUT2D eigenvalue weighted by atomic mass is 16.5. The first kappa shape index (κ1) is 16.7. The number of ether oxygens (including phenoxy) is 1. The van der Waals surface area contributed by atoms with Crippen LogP contribution in [0.5, 0.6) is 5.75 Å². The summed E-state index contributed by atoms with van der Waals surface area (Å²) in [4.78, 5) is 30.1. The van der Waals surface area contributed by atoms with Gasteiger partial charge in [-0.3, -0.25) is 18.8 Å². The molecule has 7 nitrogen and oxygen atoms in total. The minimum Gasteiger partial charge on any atom is -0.497 e. The smallest absolute Gasteiger partial charge is 0.265 e. The van der Waals surface area contributed by atoms with Crippen molar-refractivity contribution in [2.75, 3.05) is 7.11 Å². The van der Waals surface area contributed by atoms with E-state index < -0.39 is 0 Å². The lowest BCUT2D eigenvalue weighted by Gasteiger charge is -2.07. The van der Waals surface area contributed by atoms with Crippen molar-refractivity contribution in [1.29, 1.82) is 0 Å². The van der Waals surface area contributed by atoms with E-state index in [2.05, 4.69) is 10.1 Å². The molecule has 0 saturated heterocycles. The highest BCUT2D eigenvalue weighted by Crippen LogP contribution is 2.18. The first-order valence-electron chi connectivity index (χ1n) is 8.26. The van der Waals surface area contributed by atoms with E-state index in [1.54, 1.807) is 73.7 Å². The predicted molar refractivity (Wildman–Crippen MR) is 101 cm³/mol. The number of methoxy groups -OCH3 is 1. The van der Waals surface area contributed by atoms with Gasteiger partial charge in [-0.2, -0.15) is 5.10 Å². The topological polar surface area (TPSA) is 79.0 Å².